The predicted octanol–water partition coefficient (Wildman–Crippen LogP) is 6.25. The number of aromatic hydroxyl groups is 1. The van der Waals surface area contributed by atoms with Crippen LogP contribution < -0.4 is 4.74 Å². The van der Waals surface area contributed by atoms with E-state index in [9.17, 15) is 5.11 Å². The molecule has 134 valence electrons. The molecule has 26 heavy (non-hydrogen) atoms. The summed E-state index contributed by atoms with van der Waals surface area (Å²) in [6.45, 7) is 8.51. The summed E-state index contributed by atoms with van der Waals surface area (Å²) in [7, 11) is 0. The zero-order valence-corrected chi connectivity index (χ0v) is 15.8. The molecule has 0 bridgehead atoms. The molecular weight excluding hydrogens is 322 g/mol. The van der Waals surface area contributed by atoms with Crippen LogP contribution in [0.4, 0.5) is 0 Å². The Labute approximate surface area is 154 Å². The summed E-state index contributed by atoms with van der Waals surface area (Å²) >= 11 is 0. The number of nitrogens with one attached hydrogen (secondary N) is 1. The number of phenolic OH excluding ortho intramolecular Hbond substituents is 1. The number of ether oxygens (including phenoxy) is 1. The minimum absolute atomic E-state index is 0.272. The molecular formula is C23H25NO2. The Morgan fingerprint density at radius 3 is 2.81 bits per heavy atom. The van der Waals surface area contributed by atoms with E-state index in [1.165, 1.54) is 5.57 Å². The Morgan fingerprint density at radius 2 is 2.04 bits per heavy atom. The second-order valence-electron chi connectivity index (χ2n) is 7.78. The van der Waals surface area contributed by atoms with Gasteiger partial charge in [-0.15, -0.1) is 0 Å². The molecule has 0 fully saturated rings. The fourth-order valence-electron chi connectivity index (χ4n) is 3.78. The first-order valence-electron chi connectivity index (χ1n) is 9.16. The predicted molar refractivity (Wildman–Crippen MR) is 109 cm³/mol. The highest BCUT2D eigenvalue weighted by molar-refractivity contribution is 6.11. The standard InChI is InChI=1S/C23H25NO2/c1-14(2)6-5-10-23(4)11-9-18-21-19(12-15(3)22(18)26-23)17-8-7-16(25)13-20(17)24-21/h6-9,11-13,24-25H,5,10H2,1-4H3/t23-/m0/s1. The third kappa shape index (κ3) is 2.78. The van der Waals surface area contributed by atoms with Gasteiger partial charge >= 0.3 is 0 Å². The van der Waals surface area contributed by atoms with Crippen LogP contribution >= 0.6 is 0 Å². The van der Waals surface area contributed by atoms with E-state index in [4.69, 9.17) is 4.74 Å². The first-order valence-corrected chi connectivity index (χ1v) is 9.16. The third-order valence-electron chi connectivity index (χ3n) is 5.19. The number of hydrogen-bond donors (Lipinski definition) is 2. The Bertz CT molecular complexity index is 1070. The quantitative estimate of drug-likeness (QED) is 0.550. The molecule has 0 spiro atoms. The molecule has 1 atom stereocenters. The van der Waals surface area contributed by atoms with Crippen LogP contribution in [0.5, 0.6) is 11.5 Å². The zero-order chi connectivity index (χ0) is 18.5. The van der Waals surface area contributed by atoms with Gasteiger partial charge in [0, 0.05) is 22.4 Å². The lowest BCUT2D eigenvalue weighted by Gasteiger charge is -2.32. The van der Waals surface area contributed by atoms with Crippen molar-refractivity contribution in [2.75, 3.05) is 0 Å². The highest BCUT2D eigenvalue weighted by atomic mass is 16.5. The molecule has 3 nitrogen and oxygen atoms in total. The first-order chi connectivity index (χ1) is 12.4. The van der Waals surface area contributed by atoms with Crippen molar-refractivity contribution in [2.24, 2.45) is 0 Å². The van der Waals surface area contributed by atoms with E-state index in [1.54, 1.807) is 12.1 Å². The second kappa shape index (κ2) is 5.94. The maximum absolute atomic E-state index is 9.78. The normalized spacial score (nSPS) is 18.8. The maximum atomic E-state index is 9.78. The lowest BCUT2D eigenvalue weighted by molar-refractivity contribution is 0.128. The van der Waals surface area contributed by atoms with Gasteiger partial charge in [-0.1, -0.05) is 11.6 Å². The Kier molecular flexibility index (Phi) is 3.83. The van der Waals surface area contributed by atoms with Crippen LogP contribution in [0.25, 0.3) is 27.9 Å². The van der Waals surface area contributed by atoms with Crippen LogP contribution in [0.2, 0.25) is 0 Å². The largest absolute Gasteiger partial charge is 0.508 e. The van der Waals surface area contributed by atoms with Gasteiger partial charge in [0.25, 0.3) is 0 Å². The number of aryl methyl sites for hydroxylation is 1. The second-order valence-corrected chi connectivity index (χ2v) is 7.78. The number of allylic oxidation sites excluding steroid dienone is 2. The van der Waals surface area contributed by atoms with Gasteiger partial charge in [0.05, 0.1) is 11.0 Å². The van der Waals surface area contributed by atoms with Crippen molar-refractivity contribution in [2.45, 2.75) is 46.1 Å². The molecule has 0 aliphatic carbocycles. The van der Waals surface area contributed by atoms with E-state index in [-0.39, 0.29) is 11.4 Å². The fraction of sp³-hybridized carbons (Fsp3) is 0.304. The van der Waals surface area contributed by atoms with Crippen molar-refractivity contribution in [1.29, 1.82) is 0 Å². The van der Waals surface area contributed by atoms with E-state index in [2.05, 4.69) is 57.0 Å². The number of hydrogen-bond acceptors (Lipinski definition) is 2. The molecule has 2 aromatic carbocycles. The van der Waals surface area contributed by atoms with Crippen LogP contribution in [-0.4, -0.2) is 15.7 Å². The molecule has 0 saturated carbocycles. The van der Waals surface area contributed by atoms with Crippen molar-refractivity contribution in [3.05, 3.63) is 53.1 Å². The number of aromatic amines is 1. The van der Waals surface area contributed by atoms with E-state index in [0.29, 0.717) is 0 Å². The van der Waals surface area contributed by atoms with Crippen LogP contribution in [0.1, 0.15) is 44.7 Å². The molecule has 0 amide bonds. The molecule has 1 aromatic heterocycles. The molecule has 1 aliphatic rings. The van der Waals surface area contributed by atoms with Crippen LogP contribution in [0.3, 0.4) is 0 Å². The first kappa shape index (κ1) is 16.8. The van der Waals surface area contributed by atoms with E-state index >= 15 is 0 Å². The fourth-order valence-corrected chi connectivity index (χ4v) is 3.78. The summed E-state index contributed by atoms with van der Waals surface area (Å²) < 4.78 is 6.47. The monoisotopic (exact) mass is 347 g/mol. The van der Waals surface area contributed by atoms with Gasteiger partial charge in [0.1, 0.15) is 17.1 Å². The van der Waals surface area contributed by atoms with Crippen molar-refractivity contribution >= 4 is 27.9 Å². The van der Waals surface area contributed by atoms with Crippen LogP contribution in [0.15, 0.2) is 42.0 Å². The number of benzene rings is 2. The maximum Gasteiger partial charge on any atom is 0.132 e. The zero-order valence-electron chi connectivity index (χ0n) is 15.8. The summed E-state index contributed by atoms with van der Waals surface area (Å²) in [5.74, 6) is 1.23. The van der Waals surface area contributed by atoms with Gasteiger partial charge in [-0.25, -0.2) is 0 Å². The lowest BCUT2D eigenvalue weighted by atomic mass is 9.92. The Balaban J connectivity index is 1.80. The van der Waals surface area contributed by atoms with Crippen LogP contribution in [-0.2, 0) is 0 Å². The molecule has 3 heteroatoms. The summed E-state index contributed by atoms with van der Waals surface area (Å²) in [6, 6.07) is 7.65. The minimum Gasteiger partial charge on any atom is -0.508 e. The van der Waals surface area contributed by atoms with E-state index in [0.717, 1.165) is 51.5 Å². The van der Waals surface area contributed by atoms with Crippen molar-refractivity contribution in [1.82, 2.24) is 4.98 Å². The summed E-state index contributed by atoms with van der Waals surface area (Å²) in [4.78, 5) is 3.46. The molecule has 3 aromatic rings. The van der Waals surface area contributed by atoms with E-state index < -0.39 is 0 Å². The molecule has 1 aliphatic heterocycles. The highest BCUT2D eigenvalue weighted by Gasteiger charge is 2.29. The minimum atomic E-state index is -0.290. The molecule has 2 heterocycles. The molecule has 2 N–H and O–H groups in total. The van der Waals surface area contributed by atoms with E-state index in [1.807, 2.05) is 6.07 Å². The molecule has 0 unspecified atom stereocenters. The Hall–Kier alpha value is -2.68. The SMILES string of the molecule is CC(C)=CCC[C@@]1(C)C=Cc2c(c(C)cc3c2[nH]c2cc(O)ccc23)O1. The number of H-pyrrole nitrogens is 1. The lowest BCUT2D eigenvalue weighted by Crippen LogP contribution is -2.32. The average molecular weight is 347 g/mol. The summed E-state index contributed by atoms with van der Waals surface area (Å²) in [5.41, 5.74) is 5.29. The van der Waals surface area contributed by atoms with Gasteiger partial charge in [-0.05, 0) is 76.5 Å². The number of phenols is 1. The smallest absolute Gasteiger partial charge is 0.132 e. The summed E-state index contributed by atoms with van der Waals surface area (Å²) in [5, 5.41) is 12.1. The van der Waals surface area contributed by atoms with Crippen molar-refractivity contribution < 1.29 is 9.84 Å². The highest BCUT2D eigenvalue weighted by Crippen LogP contribution is 2.42. The average Bonchev–Trinajstić information content (AvgIpc) is 2.92. The van der Waals surface area contributed by atoms with Crippen LogP contribution in [0, 0.1) is 6.92 Å². The molecule has 4 rings (SSSR count). The number of fused-ring (bicyclic) bond motifs is 5. The van der Waals surface area contributed by atoms with Gasteiger partial charge in [0.2, 0.25) is 0 Å². The molecule has 0 radical (unpaired) electrons. The van der Waals surface area contributed by atoms with Gasteiger partial charge in [0.15, 0.2) is 0 Å². The third-order valence-corrected chi connectivity index (χ3v) is 5.19. The topological polar surface area (TPSA) is 45.2 Å². The summed E-state index contributed by atoms with van der Waals surface area (Å²) in [6.07, 6.45) is 8.58. The van der Waals surface area contributed by atoms with Crippen molar-refractivity contribution in [3.63, 3.8) is 0 Å². The van der Waals surface area contributed by atoms with Crippen molar-refractivity contribution in [3.8, 4) is 11.5 Å². The van der Waals surface area contributed by atoms with Gasteiger partial charge < -0.3 is 14.8 Å². The Morgan fingerprint density at radius 1 is 1.23 bits per heavy atom. The number of aromatic nitrogens is 1. The van der Waals surface area contributed by atoms with Gasteiger partial charge in [-0.2, -0.15) is 0 Å². The number of rotatable bonds is 3. The molecule has 0 saturated heterocycles. The van der Waals surface area contributed by atoms with Gasteiger partial charge in [-0.3, -0.25) is 0 Å².